The van der Waals surface area contributed by atoms with Crippen LogP contribution in [-0.2, 0) is 6.54 Å². The first-order valence-electron chi connectivity index (χ1n) is 4.88. The Balaban J connectivity index is 0. The van der Waals surface area contributed by atoms with Crippen molar-refractivity contribution in [3.05, 3.63) is 30.1 Å². The van der Waals surface area contributed by atoms with E-state index in [-0.39, 0.29) is 24.8 Å². The van der Waals surface area contributed by atoms with Crippen LogP contribution >= 0.6 is 24.8 Å². The van der Waals surface area contributed by atoms with E-state index in [0.29, 0.717) is 0 Å². The predicted octanol–water partition coefficient (Wildman–Crippen LogP) is 3.06. The van der Waals surface area contributed by atoms with Gasteiger partial charge in [0, 0.05) is 18.9 Å². The molecule has 0 fully saturated rings. The van der Waals surface area contributed by atoms with Crippen LogP contribution in [0.25, 0.3) is 0 Å². The zero-order chi connectivity index (χ0) is 9.52. The second-order valence-corrected chi connectivity index (χ2v) is 3.71. The van der Waals surface area contributed by atoms with E-state index in [1.165, 1.54) is 12.0 Å². The second kappa shape index (κ2) is 10.2. The highest BCUT2D eigenvalue weighted by Crippen LogP contribution is 1.98. The summed E-state index contributed by atoms with van der Waals surface area (Å²) in [7, 11) is 0. The van der Waals surface area contributed by atoms with Crippen LogP contribution in [0.5, 0.6) is 0 Å². The number of nitrogens with zero attached hydrogens (tertiary/aromatic N) is 1. The van der Waals surface area contributed by atoms with Crippen molar-refractivity contribution in [2.24, 2.45) is 5.92 Å². The Labute approximate surface area is 105 Å². The van der Waals surface area contributed by atoms with E-state index in [0.717, 1.165) is 19.0 Å². The maximum Gasteiger partial charge on any atom is 0.0271 e. The topological polar surface area (TPSA) is 24.9 Å². The molecule has 4 heteroatoms. The fourth-order valence-corrected chi connectivity index (χ4v) is 1.12. The molecule has 0 aliphatic carbocycles. The van der Waals surface area contributed by atoms with E-state index >= 15 is 0 Å². The summed E-state index contributed by atoms with van der Waals surface area (Å²) in [6.45, 7) is 6.54. The minimum Gasteiger partial charge on any atom is -0.313 e. The maximum absolute atomic E-state index is 3.97. The molecular weight excluding hydrogens is 231 g/mol. The van der Waals surface area contributed by atoms with Crippen molar-refractivity contribution in [3.8, 4) is 0 Å². The third-order valence-electron chi connectivity index (χ3n) is 1.98. The molecule has 2 nitrogen and oxygen atoms in total. The first-order chi connectivity index (χ1) is 6.29. The summed E-state index contributed by atoms with van der Waals surface area (Å²) in [6.07, 6.45) is 4.91. The molecule has 1 aromatic heterocycles. The van der Waals surface area contributed by atoms with Crippen molar-refractivity contribution in [3.63, 3.8) is 0 Å². The lowest BCUT2D eigenvalue weighted by Crippen LogP contribution is -2.16. The van der Waals surface area contributed by atoms with Gasteiger partial charge in [0.25, 0.3) is 0 Å². The summed E-state index contributed by atoms with van der Waals surface area (Å²) in [6, 6.07) is 4.09. The van der Waals surface area contributed by atoms with Gasteiger partial charge in [-0.05, 0) is 36.6 Å². The van der Waals surface area contributed by atoms with Crippen LogP contribution < -0.4 is 5.32 Å². The van der Waals surface area contributed by atoms with Gasteiger partial charge in [-0.15, -0.1) is 24.8 Å². The lowest BCUT2D eigenvalue weighted by Gasteiger charge is -2.06. The Bertz CT molecular complexity index is 227. The first kappa shape index (κ1) is 17.1. The molecule has 1 heterocycles. The average Bonchev–Trinajstić information content (AvgIpc) is 2.14. The lowest BCUT2D eigenvalue weighted by molar-refractivity contribution is 0.537. The molecule has 0 unspecified atom stereocenters. The van der Waals surface area contributed by atoms with Gasteiger partial charge in [-0.3, -0.25) is 4.98 Å². The second-order valence-electron chi connectivity index (χ2n) is 3.71. The summed E-state index contributed by atoms with van der Waals surface area (Å²) >= 11 is 0. The standard InChI is InChI=1S/C11H18N2.2ClH/c1-10(2)3-6-13-9-11-4-7-12-8-5-11;;/h4-5,7-8,10,13H,3,6,9H2,1-2H3;2*1H. The van der Waals surface area contributed by atoms with Gasteiger partial charge >= 0.3 is 0 Å². The largest absolute Gasteiger partial charge is 0.313 e. The molecule has 1 N–H and O–H groups in total. The summed E-state index contributed by atoms with van der Waals surface area (Å²) in [5.74, 6) is 0.782. The third-order valence-corrected chi connectivity index (χ3v) is 1.98. The van der Waals surface area contributed by atoms with Crippen LogP contribution in [0.4, 0.5) is 0 Å². The van der Waals surface area contributed by atoms with Gasteiger partial charge in [-0.2, -0.15) is 0 Å². The van der Waals surface area contributed by atoms with Crippen LogP contribution in [-0.4, -0.2) is 11.5 Å². The van der Waals surface area contributed by atoms with Gasteiger partial charge in [0.2, 0.25) is 0 Å². The Morgan fingerprint density at radius 1 is 1.20 bits per heavy atom. The number of halogens is 2. The zero-order valence-electron chi connectivity index (χ0n) is 9.27. The molecule has 0 bridgehead atoms. The summed E-state index contributed by atoms with van der Waals surface area (Å²) in [5, 5.41) is 3.41. The molecule has 0 saturated carbocycles. The number of rotatable bonds is 5. The fraction of sp³-hybridized carbons (Fsp3) is 0.545. The maximum atomic E-state index is 3.97. The monoisotopic (exact) mass is 250 g/mol. The molecule has 88 valence electrons. The minimum atomic E-state index is 0. The van der Waals surface area contributed by atoms with E-state index in [1.807, 2.05) is 24.5 Å². The highest BCUT2D eigenvalue weighted by Gasteiger charge is 1.93. The molecule has 0 saturated heterocycles. The molecule has 0 radical (unpaired) electrons. The van der Waals surface area contributed by atoms with Crippen LogP contribution in [0.15, 0.2) is 24.5 Å². The molecule has 1 rings (SSSR count). The molecule has 1 aromatic rings. The first-order valence-corrected chi connectivity index (χ1v) is 4.88. The molecule has 0 aliphatic heterocycles. The van der Waals surface area contributed by atoms with Gasteiger partial charge < -0.3 is 5.32 Å². The van der Waals surface area contributed by atoms with E-state index in [2.05, 4.69) is 24.1 Å². The minimum absolute atomic E-state index is 0. The SMILES string of the molecule is CC(C)CCNCc1ccncc1.Cl.Cl. The Hall–Kier alpha value is -0.310. The highest BCUT2D eigenvalue weighted by atomic mass is 35.5. The van der Waals surface area contributed by atoms with Crippen molar-refractivity contribution in [1.82, 2.24) is 10.3 Å². The molecular formula is C11H20Cl2N2. The molecule has 0 amide bonds. The summed E-state index contributed by atoms with van der Waals surface area (Å²) in [4.78, 5) is 3.97. The number of hydrogen-bond acceptors (Lipinski definition) is 2. The number of pyridine rings is 1. The van der Waals surface area contributed by atoms with Crippen LogP contribution in [0, 0.1) is 5.92 Å². The van der Waals surface area contributed by atoms with Crippen LogP contribution in [0.2, 0.25) is 0 Å². The highest BCUT2D eigenvalue weighted by molar-refractivity contribution is 5.85. The quantitative estimate of drug-likeness (QED) is 0.813. The van der Waals surface area contributed by atoms with Gasteiger partial charge in [0.1, 0.15) is 0 Å². The Morgan fingerprint density at radius 3 is 2.33 bits per heavy atom. The van der Waals surface area contributed by atoms with E-state index < -0.39 is 0 Å². The van der Waals surface area contributed by atoms with Crippen molar-refractivity contribution in [1.29, 1.82) is 0 Å². The van der Waals surface area contributed by atoms with Gasteiger partial charge in [-0.1, -0.05) is 13.8 Å². The molecule has 0 aromatic carbocycles. The van der Waals surface area contributed by atoms with Crippen LogP contribution in [0.1, 0.15) is 25.8 Å². The smallest absolute Gasteiger partial charge is 0.0271 e. The predicted molar refractivity (Wildman–Crippen MR) is 69.9 cm³/mol. The number of aromatic nitrogens is 1. The van der Waals surface area contributed by atoms with Crippen molar-refractivity contribution >= 4 is 24.8 Å². The van der Waals surface area contributed by atoms with Crippen molar-refractivity contribution in [2.45, 2.75) is 26.8 Å². The summed E-state index contributed by atoms with van der Waals surface area (Å²) < 4.78 is 0. The molecule has 0 atom stereocenters. The summed E-state index contributed by atoms with van der Waals surface area (Å²) in [5.41, 5.74) is 1.30. The average molecular weight is 251 g/mol. The molecule has 15 heavy (non-hydrogen) atoms. The van der Waals surface area contributed by atoms with Crippen LogP contribution in [0.3, 0.4) is 0 Å². The fourth-order valence-electron chi connectivity index (χ4n) is 1.12. The number of nitrogens with one attached hydrogen (secondary N) is 1. The Kier molecular flexibility index (Phi) is 11.6. The van der Waals surface area contributed by atoms with Gasteiger partial charge in [0.05, 0.1) is 0 Å². The molecule has 0 spiro atoms. The van der Waals surface area contributed by atoms with E-state index in [1.54, 1.807) is 0 Å². The van der Waals surface area contributed by atoms with E-state index in [4.69, 9.17) is 0 Å². The molecule has 0 aliphatic rings. The zero-order valence-corrected chi connectivity index (χ0v) is 10.9. The normalized spacial score (nSPS) is 9.27. The van der Waals surface area contributed by atoms with Crippen molar-refractivity contribution < 1.29 is 0 Å². The van der Waals surface area contributed by atoms with Gasteiger partial charge in [-0.25, -0.2) is 0 Å². The Morgan fingerprint density at radius 2 is 1.80 bits per heavy atom. The van der Waals surface area contributed by atoms with E-state index in [9.17, 15) is 0 Å². The third kappa shape index (κ3) is 8.67. The lowest BCUT2D eigenvalue weighted by atomic mass is 10.1. The van der Waals surface area contributed by atoms with Crippen molar-refractivity contribution in [2.75, 3.05) is 6.54 Å². The number of hydrogen-bond donors (Lipinski definition) is 1. The van der Waals surface area contributed by atoms with Gasteiger partial charge in [0.15, 0.2) is 0 Å².